The number of likely N-dealkylation sites (tertiary alicyclic amines) is 1. The van der Waals surface area contributed by atoms with Crippen LogP contribution in [-0.2, 0) is 6.54 Å². The summed E-state index contributed by atoms with van der Waals surface area (Å²) in [4.78, 5) is 11.4. The van der Waals surface area contributed by atoms with Crippen LogP contribution < -0.4 is 20.1 Å². The number of pyridine rings is 1. The van der Waals surface area contributed by atoms with E-state index in [-0.39, 0.29) is 0 Å². The predicted octanol–water partition coefficient (Wildman–Crippen LogP) is 4.20. The lowest BCUT2D eigenvalue weighted by Gasteiger charge is -2.35. The molecule has 1 saturated heterocycles. The first-order valence-corrected chi connectivity index (χ1v) is 11.7. The summed E-state index contributed by atoms with van der Waals surface area (Å²) in [5.74, 6) is 2.76. The van der Waals surface area contributed by atoms with Crippen LogP contribution in [-0.4, -0.2) is 54.7 Å². The SMILES string of the molecule is CCCOc1ccccc1Oc1ncccc1CNC(=NC)NC1CCN(C(C)C)CC1. The van der Waals surface area contributed by atoms with Gasteiger partial charge < -0.3 is 25.0 Å². The molecule has 1 aliphatic heterocycles. The zero-order chi connectivity index (χ0) is 22.8. The van der Waals surface area contributed by atoms with E-state index in [4.69, 9.17) is 9.47 Å². The molecule has 0 bridgehead atoms. The van der Waals surface area contributed by atoms with Crippen LogP contribution in [0.15, 0.2) is 47.6 Å². The zero-order valence-corrected chi connectivity index (χ0v) is 19.8. The third kappa shape index (κ3) is 6.85. The van der Waals surface area contributed by atoms with Crippen LogP contribution in [0.25, 0.3) is 0 Å². The van der Waals surface area contributed by atoms with Crippen molar-refractivity contribution in [1.82, 2.24) is 20.5 Å². The van der Waals surface area contributed by atoms with Gasteiger partial charge in [-0.15, -0.1) is 0 Å². The summed E-state index contributed by atoms with van der Waals surface area (Å²) in [6.45, 7) is 10.0. The van der Waals surface area contributed by atoms with E-state index in [2.05, 4.69) is 46.3 Å². The molecule has 2 heterocycles. The molecular weight excluding hydrogens is 402 g/mol. The Morgan fingerprint density at radius 1 is 1.16 bits per heavy atom. The van der Waals surface area contributed by atoms with Gasteiger partial charge in [0.2, 0.25) is 5.88 Å². The van der Waals surface area contributed by atoms with E-state index in [0.717, 1.165) is 49.6 Å². The molecular formula is C25H37N5O2. The van der Waals surface area contributed by atoms with Crippen LogP contribution in [0, 0.1) is 0 Å². The van der Waals surface area contributed by atoms with E-state index < -0.39 is 0 Å². The molecule has 0 spiro atoms. The number of hydrogen-bond donors (Lipinski definition) is 2. The first kappa shape index (κ1) is 23.9. The van der Waals surface area contributed by atoms with Crippen molar-refractivity contribution in [3.8, 4) is 17.4 Å². The summed E-state index contributed by atoms with van der Waals surface area (Å²) >= 11 is 0. The van der Waals surface area contributed by atoms with Gasteiger partial charge in [0.1, 0.15) is 0 Å². The van der Waals surface area contributed by atoms with Gasteiger partial charge in [0.25, 0.3) is 0 Å². The fourth-order valence-electron chi connectivity index (χ4n) is 3.75. The fraction of sp³-hybridized carbons (Fsp3) is 0.520. The number of aromatic nitrogens is 1. The Labute approximate surface area is 192 Å². The van der Waals surface area contributed by atoms with Gasteiger partial charge in [-0.2, -0.15) is 0 Å². The first-order valence-electron chi connectivity index (χ1n) is 11.7. The van der Waals surface area contributed by atoms with E-state index in [1.807, 2.05) is 36.4 Å². The van der Waals surface area contributed by atoms with Crippen molar-refractivity contribution in [3.05, 3.63) is 48.2 Å². The maximum atomic E-state index is 6.15. The summed E-state index contributed by atoms with van der Waals surface area (Å²) in [5, 5.41) is 6.98. The topological polar surface area (TPSA) is 71.0 Å². The van der Waals surface area contributed by atoms with Crippen LogP contribution in [0.3, 0.4) is 0 Å². The number of rotatable bonds is 9. The number of ether oxygens (including phenoxy) is 2. The average Bonchev–Trinajstić information content (AvgIpc) is 2.82. The van der Waals surface area contributed by atoms with Crippen molar-refractivity contribution >= 4 is 5.96 Å². The smallest absolute Gasteiger partial charge is 0.224 e. The maximum absolute atomic E-state index is 6.15. The lowest BCUT2D eigenvalue weighted by Crippen LogP contribution is -2.49. The summed E-state index contributed by atoms with van der Waals surface area (Å²) in [7, 11) is 1.81. The number of piperidine rings is 1. The molecule has 2 N–H and O–H groups in total. The van der Waals surface area contributed by atoms with Crippen molar-refractivity contribution in [2.24, 2.45) is 4.99 Å². The molecule has 1 aliphatic rings. The predicted molar refractivity (Wildman–Crippen MR) is 130 cm³/mol. The van der Waals surface area contributed by atoms with Crippen molar-refractivity contribution in [2.45, 2.75) is 58.7 Å². The second kappa shape index (κ2) is 12.3. The second-order valence-electron chi connectivity index (χ2n) is 8.34. The number of para-hydroxylation sites is 2. The summed E-state index contributed by atoms with van der Waals surface area (Å²) in [6, 6.07) is 12.7. The third-order valence-corrected chi connectivity index (χ3v) is 5.64. The quantitative estimate of drug-likeness (QED) is 0.451. The highest BCUT2D eigenvalue weighted by molar-refractivity contribution is 5.80. The van der Waals surface area contributed by atoms with Gasteiger partial charge in [-0.1, -0.05) is 25.1 Å². The Balaban J connectivity index is 1.59. The molecule has 0 radical (unpaired) electrons. The number of aliphatic imine (C=N–C) groups is 1. The van der Waals surface area contributed by atoms with Gasteiger partial charge in [0.15, 0.2) is 17.5 Å². The minimum absolute atomic E-state index is 0.434. The molecule has 1 aromatic heterocycles. The highest BCUT2D eigenvalue weighted by Crippen LogP contribution is 2.31. The van der Waals surface area contributed by atoms with Gasteiger partial charge in [-0.05, 0) is 51.3 Å². The normalized spacial score (nSPS) is 15.6. The van der Waals surface area contributed by atoms with Crippen molar-refractivity contribution in [1.29, 1.82) is 0 Å². The Bertz CT molecular complexity index is 863. The molecule has 1 fully saturated rings. The van der Waals surface area contributed by atoms with Crippen molar-refractivity contribution < 1.29 is 9.47 Å². The molecule has 32 heavy (non-hydrogen) atoms. The van der Waals surface area contributed by atoms with Crippen LogP contribution in [0.5, 0.6) is 17.4 Å². The van der Waals surface area contributed by atoms with Gasteiger partial charge >= 0.3 is 0 Å². The molecule has 7 nitrogen and oxygen atoms in total. The Morgan fingerprint density at radius 2 is 1.91 bits per heavy atom. The molecule has 0 unspecified atom stereocenters. The number of nitrogens with one attached hydrogen (secondary N) is 2. The Hall–Kier alpha value is -2.80. The molecule has 174 valence electrons. The van der Waals surface area contributed by atoms with Crippen molar-refractivity contribution in [3.63, 3.8) is 0 Å². The molecule has 0 saturated carbocycles. The van der Waals surface area contributed by atoms with Gasteiger partial charge in [0, 0.05) is 50.5 Å². The lowest BCUT2D eigenvalue weighted by molar-refractivity contribution is 0.167. The largest absolute Gasteiger partial charge is 0.490 e. The maximum Gasteiger partial charge on any atom is 0.224 e. The van der Waals surface area contributed by atoms with E-state index in [1.54, 1.807) is 13.2 Å². The number of hydrogen-bond acceptors (Lipinski definition) is 5. The molecule has 3 rings (SSSR count). The Kier molecular flexibility index (Phi) is 9.16. The monoisotopic (exact) mass is 439 g/mol. The summed E-state index contributed by atoms with van der Waals surface area (Å²) in [5.41, 5.74) is 0.954. The minimum atomic E-state index is 0.434. The Morgan fingerprint density at radius 3 is 2.59 bits per heavy atom. The molecule has 0 amide bonds. The molecule has 7 heteroatoms. The molecule has 1 aromatic carbocycles. The van der Waals surface area contributed by atoms with Gasteiger partial charge in [0.05, 0.1) is 6.61 Å². The van der Waals surface area contributed by atoms with Crippen LogP contribution in [0.4, 0.5) is 0 Å². The van der Waals surface area contributed by atoms with Crippen LogP contribution in [0.1, 0.15) is 45.6 Å². The minimum Gasteiger partial charge on any atom is -0.490 e. The lowest BCUT2D eigenvalue weighted by atomic mass is 10.0. The first-order chi connectivity index (χ1) is 15.6. The number of benzene rings is 1. The van der Waals surface area contributed by atoms with E-state index in [1.165, 1.54) is 0 Å². The second-order valence-corrected chi connectivity index (χ2v) is 8.34. The number of nitrogens with zero attached hydrogens (tertiary/aromatic N) is 3. The van der Waals surface area contributed by atoms with Crippen LogP contribution >= 0.6 is 0 Å². The highest BCUT2D eigenvalue weighted by Gasteiger charge is 2.21. The van der Waals surface area contributed by atoms with Crippen molar-refractivity contribution in [2.75, 3.05) is 26.7 Å². The molecule has 2 aromatic rings. The van der Waals surface area contributed by atoms with Gasteiger partial charge in [-0.3, -0.25) is 4.99 Å². The highest BCUT2D eigenvalue weighted by atomic mass is 16.5. The molecule has 0 aliphatic carbocycles. The number of guanidine groups is 1. The van der Waals surface area contributed by atoms with E-state index in [0.29, 0.717) is 36.9 Å². The molecule has 0 atom stereocenters. The standard InChI is InChI=1S/C25H37N5O2/c1-5-17-31-22-10-6-7-11-23(22)32-24-20(9-8-14-27-24)18-28-25(26-4)29-21-12-15-30(16-13-21)19(2)3/h6-11,14,19,21H,5,12-13,15-18H2,1-4H3,(H2,26,28,29). The summed E-state index contributed by atoms with van der Waals surface area (Å²) < 4.78 is 12.0. The van der Waals surface area contributed by atoms with E-state index >= 15 is 0 Å². The third-order valence-electron chi connectivity index (χ3n) is 5.64. The fourth-order valence-corrected chi connectivity index (χ4v) is 3.75. The summed E-state index contributed by atoms with van der Waals surface area (Å²) in [6.07, 6.45) is 4.92. The average molecular weight is 440 g/mol. The van der Waals surface area contributed by atoms with E-state index in [9.17, 15) is 0 Å². The zero-order valence-electron chi connectivity index (χ0n) is 19.8. The van der Waals surface area contributed by atoms with Gasteiger partial charge in [-0.25, -0.2) is 4.98 Å². The van der Waals surface area contributed by atoms with Crippen LogP contribution in [0.2, 0.25) is 0 Å².